The summed E-state index contributed by atoms with van der Waals surface area (Å²) in [7, 11) is 0. The predicted octanol–water partition coefficient (Wildman–Crippen LogP) is 1.99. The molecule has 0 radical (unpaired) electrons. The molecule has 0 amide bonds. The first-order chi connectivity index (χ1) is 11.6. The maximum absolute atomic E-state index is 12.5. The zero-order valence-electron chi connectivity index (χ0n) is 14.0. The second-order valence-corrected chi connectivity index (χ2v) is 6.94. The highest BCUT2D eigenvalue weighted by Gasteiger charge is 2.21. The molecule has 0 spiro atoms. The number of aromatic nitrogens is 2. The molecule has 0 bridgehead atoms. The first-order valence-corrected chi connectivity index (χ1v) is 8.91. The Balaban J connectivity index is 1.44. The molecule has 3 rings (SSSR count). The van der Waals surface area contributed by atoms with Crippen LogP contribution in [0.4, 0.5) is 8.78 Å². The van der Waals surface area contributed by atoms with Crippen molar-refractivity contribution in [3.8, 4) is 0 Å². The molecule has 0 N–H and O–H groups in total. The molecule has 1 aromatic rings. The van der Waals surface area contributed by atoms with Gasteiger partial charge in [-0.3, -0.25) is 9.36 Å². The largest absolute Gasteiger partial charge is 0.302 e. The number of hydrogen-bond acceptors (Lipinski definition) is 4. The fourth-order valence-corrected chi connectivity index (χ4v) is 3.66. The van der Waals surface area contributed by atoms with Crippen LogP contribution >= 0.6 is 0 Å². The number of piperidine rings is 1. The van der Waals surface area contributed by atoms with Gasteiger partial charge in [-0.25, -0.2) is 13.8 Å². The lowest BCUT2D eigenvalue weighted by Gasteiger charge is -2.33. The van der Waals surface area contributed by atoms with Crippen molar-refractivity contribution >= 4 is 0 Å². The Morgan fingerprint density at radius 3 is 2.29 bits per heavy atom. The zero-order chi connectivity index (χ0) is 16.9. The van der Waals surface area contributed by atoms with Crippen LogP contribution in [0.2, 0.25) is 0 Å². The topological polar surface area (TPSA) is 41.4 Å². The summed E-state index contributed by atoms with van der Waals surface area (Å²) in [5, 5.41) is 0. The predicted molar refractivity (Wildman–Crippen MR) is 88.3 cm³/mol. The lowest BCUT2D eigenvalue weighted by Crippen LogP contribution is -2.40. The standard InChI is InChI=1S/C17H26F2N4O/c18-17(19)15-11-16(24)23(13-20-15)12-14-3-7-22(8-4-14)10-9-21-5-1-2-6-21/h11,13-14,17H,1-10,12H2. The molecule has 5 nitrogen and oxygen atoms in total. The van der Waals surface area contributed by atoms with E-state index in [-0.39, 0.29) is 5.56 Å². The SMILES string of the molecule is O=c1cc(C(F)F)ncn1CC1CCN(CCN2CCCC2)CC1. The van der Waals surface area contributed by atoms with Crippen LogP contribution in [0, 0.1) is 5.92 Å². The van der Waals surface area contributed by atoms with Crippen LogP contribution in [0.25, 0.3) is 0 Å². The first-order valence-electron chi connectivity index (χ1n) is 8.91. The lowest BCUT2D eigenvalue weighted by atomic mass is 9.96. The van der Waals surface area contributed by atoms with Gasteiger partial charge in [0.25, 0.3) is 12.0 Å². The molecule has 2 aliphatic rings. The minimum atomic E-state index is -2.69. The Hall–Kier alpha value is -1.34. The highest BCUT2D eigenvalue weighted by molar-refractivity contribution is 5.00. The van der Waals surface area contributed by atoms with E-state index >= 15 is 0 Å². The molecule has 2 aliphatic heterocycles. The number of hydrogen-bond donors (Lipinski definition) is 0. The van der Waals surface area contributed by atoms with E-state index < -0.39 is 12.1 Å². The van der Waals surface area contributed by atoms with Crippen molar-refractivity contribution in [3.63, 3.8) is 0 Å². The molecule has 0 saturated carbocycles. The van der Waals surface area contributed by atoms with Gasteiger partial charge in [0.15, 0.2) is 0 Å². The van der Waals surface area contributed by atoms with Gasteiger partial charge in [-0.1, -0.05) is 0 Å². The fraction of sp³-hybridized carbons (Fsp3) is 0.765. The second kappa shape index (κ2) is 8.16. The van der Waals surface area contributed by atoms with Crippen LogP contribution in [-0.4, -0.2) is 58.6 Å². The minimum Gasteiger partial charge on any atom is -0.302 e. The van der Waals surface area contributed by atoms with Crippen LogP contribution in [-0.2, 0) is 6.54 Å². The molecule has 24 heavy (non-hydrogen) atoms. The molecular weight excluding hydrogens is 314 g/mol. The van der Waals surface area contributed by atoms with E-state index in [2.05, 4.69) is 14.8 Å². The highest BCUT2D eigenvalue weighted by Crippen LogP contribution is 2.19. The van der Waals surface area contributed by atoms with Crippen molar-refractivity contribution in [2.24, 2.45) is 5.92 Å². The summed E-state index contributed by atoms with van der Waals surface area (Å²) in [6, 6.07) is 0.954. The highest BCUT2D eigenvalue weighted by atomic mass is 19.3. The van der Waals surface area contributed by atoms with Crippen LogP contribution in [0.1, 0.15) is 37.8 Å². The third kappa shape index (κ3) is 4.60. The quantitative estimate of drug-likeness (QED) is 0.794. The maximum atomic E-state index is 12.5. The number of halogens is 2. The molecule has 0 unspecified atom stereocenters. The van der Waals surface area contributed by atoms with Gasteiger partial charge in [-0.2, -0.15) is 0 Å². The molecule has 3 heterocycles. The summed E-state index contributed by atoms with van der Waals surface area (Å²) in [5.74, 6) is 0.421. The Bertz CT molecular complexity index is 578. The monoisotopic (exact) mass is 340 g/mol. The van der Waals surface area contributed by atoms with Crippen molar-refractivity contribution < 1.29 is 8.78 Å². The maximum Gasteiger partial charge on any atom is 0.280 e. The van der Waals surface area contributed by atoms with Gasteiger partial charge in [0.2, 0.25) is 0 Å². The summed E-state index contributed by atoms with van der Waals surface area (Å²) in [5.41, 5.74) is -0.815. The van der Waals surface area contributed by atoms with Crippen molar-refractivity contribution in [1.82, 2.24) is 19.4 Å². The number of nitrogens with zero attached hydrogens (tertiary/aromatic N) is 4. The molecule has 0 atom stereocenters. The lowest BCUT2D eigenvalue weighted by molar-refractivity contribution is 0.144. The third-order valence-corrected chi connectivity index (χ3v) is 5.22. The van der Waals surface area contributed by atoms with Gasteiger partial charge < -0.3 is 9.80 Å². The molecule has 2 fully saturated rings. The van der Waals surface area contributed by atoms with Crippen LogP contribution in [0.5, 0.6) is 0 Å². The van der Waals surface area contributed by atoms with E-state index in [4.69, 9.17) is 0 Å². The molecular formula is C17H26F2N4O. The van der Waals surface area contributed by atoms with E-state index in [0.29, 0.717) is 12.5 Å². The Labute approximate surface area is 141 Å². The Kier molecular flexibility index (Phi) is 5.94. The smallest absolute Gasteiger partial charge is 0.280 e. The van der Waals surface area contributed by atoms with Gasteiger partial charge in [0.05, 0.1) is 6.33 Å². The average molecular weight is 340 g/mol. The fourth-order valence-electron chi connectivity index (χ4n) is 3.66. The molecule has 2 saturated heterocycles. The van der Waals surface area contributed by atoms with Gasteiger partial charge >= 0.3 is 0 Å². The summed E-state index contributed by atoms with van der Waals surface area (Å²) in [6.45, 7) is 7.43. The van der Waals surface area contributed by atoms with Gasteiger partial charge in [-0.05, 0) is 57.8 Å². The normalized spacial score (nSPS) is 21.0. The van der Waals surface area contributed by atoms with Crippen molar-refractivity contribution in [1.29, 1.82) is 0 Å². The number of likely N-dealkylation sites (tertiary alicyclic amines) is 2. The van der Waals surface area contributed by atoms with E-state index in [1.165, 1.54) is 36.8 Å². The van der Waals surface area contributed by atoms with Crippen LogP contribution in [0.3, 0.4) is 0 Å². The minimum absolute atomic E-state index is 0.378. The summed E-state index contributed by atoms with van der Waals surface area (Å²) >= 11 is 0. The van der Waals surface area contributed by atoms with Crippen molar-refractivity contribution in [2.45, 2.75) is 38.7 Å². The molecule has 1 aromatic heterocycles. The summed E-state index contributed by atoms with van der Waals surface area (Å²) in [4.78, 5) is 20.6. The third-order valence-electron chi connectivity index (χ3n) is 5.22. The average Bonchev–Trinajstić information content (AvgIpc) is 3.09. The molecule has 0 aromatic carbocycles. The zero-order valence-corrected chi connectivity index (χ0v) is 14.0. The van der Waals surface area contributed by atoms with Crippen LogP contribution < -0.4 is 5.56 Å². The molecule has 134 valence electrons. The van der Waals surface area contributed by atoms with E-state index in [1.54, 1.807) is 0 Å². The van der Waals surface area contributed by atoms with Gasteiger partial charge in [-0.15, -0.1) is 0 Å². The van der Waals surface area contributed by atoms with E-state index in [9.17, 15) is 13.6 Å². The number of rotatable bonds is 6. The van der Waals surface area contributed by atoms with E-state index in [0.717, 1.165) is 45.1 Å². The number of alkyl halides is 2. The van der Waals surface area contributed by atoms with Crippen molar-refractivity contribution in [2.75, 3.05) is 39.3 Å². The first kappa shape index (κ1) is 17.5. The Morgan fingerprint density at radius 2 is 1.71 bits per heavy atom. The summed E-state index contributed by atoms with van der Waals surface area (Å²) < 4.78 is 26.6. The molecule has 0 aliphatic carbocycles. The van der Waals surface area contributed by atoms with E-state index in [1.807, 2.05) is 0 Å². The molecule has 7 heteroatoms. The van der Waals surface area contributed by atoms with Crippen LogP contribution in [0.15, 0.2) is 17.2 Å². The second-order valence-electron chi connectivity index (χ2n) is 6.94. The van der Waals surface area contributed by atoms with Crippen molar-refractivity contribution in [3.05, 3.63) is 28.4 Å². The van der Waals surface area contributed by atoms with Gasteiger partial charge in [0.1, 0.15) is 5.69 Å². The summed E-state index contributed by atoms with van der Waals surface area (Å²) in [6.07, 6.45) is 3.33. The van der Waals surface area contributed by atoms with Gasteiger partial charge in [0, 0.05) is 25.7 Å². The Morgan fingerprint density at radius 1 is 1.08 bits per heavy atom.